The van der Waals surface area contributed by atoms with Crippen LogP contribution in [-0.2, 0) is 6.54 Å². The van der Waals surface area contributed by atoms with Crippen LogP contribution in [-0.4, -0.2) is 17.3 Å². The summed E-state index contributed by atoms with van der Waals surface area (Å²) in [5.74, 6) is 0. The molecule has 0 bridgehead atoms. The van der Waals surface area contributed by atoms with Crippen LogP contribution < -0.4 is 4.57 Å². The van der Waals surface area contributed by atoms with Gasteiger partial charge in [0.15, 0.2) is 18.9 Å². The summed E-state index contributed by atoms with van der Waals surface area (Å²) in [7, 11) is 0. The van der Waals surface area contributed by atoms with Gasteiger partial charge in [0.25, 0.3) is 0 Å². The van der Waals surface area contributed by atoms with Gasteiger partial charge in [-0.3, -0.25) is 4.98 Å². The topological polar surface area (TPSA) is 16.8 Å². The Morgan fingerprint density at radius 2 is 1.47 bits per heavy atom. The minimum absolute atomic E-state index is 0.0972. The molecule has 0 fully saturated rings. The zero-order valence-electron chi connectivity index (χ0n) is 8.26. The lowest BCUT2D eigenvalue weighted by Gasteiger charge is -2.13. The maximum atomic E-state index is 12.1. The number of rotatable bonds is 2. The predicted octanol–water partition coefficient (Wildman–Crippen LogP) is 2.42. The summed E-state index contributed by atoms with van der Waals surface area (Å²) in [6.07, 6.45) is -5.68. The molecule has 0 aliphatic heterocycles. The van der Waals surface area contributed by atoms with Crippen LogP contribution in [0.4, 0.5) is 26.3 Å². The van der Waals surface area contributed by atoms with Gasteiger partial charge in [0.1, 0.15) is 5.57 Å². The molecule has 2 nitrogen and oxygen atoms in total. The third-order valence-corrected chi connectivity index (χ3v) is 1.81. The van der Waals surface area contributed by atoms with Crippen LogP contribution in [0.5, 0.6) is 0 Å². The van der Waals surface area contributed by atoms with Crippen molar-refractivity contribution in [2.75, 3.05) is 0 Å². The highest BCUT2D eigenvalue weighted by atomic mass is 19.4. The second-order valence-electron chi connectivity index (χ2n) is 3.06. The first-order valence-electron chi connectivity index (χ1n) is 4.35. The Bertz CT molecular complexity index is 376. The molecular weight excluding hydrogens is 250 g/mol. The van der Waals surface area contributed by atoms with E-state index in [0.29, 0.717) is 0 Å². The quantitative estimate of drug-likeness (QED) is 0.451. The van der Waals surface area contributed by atoms with E-state index in [9.17, 15) is 26.3 Å². The van der Waals surface area contributed by atoms with Gasteiger partial charge in [-0.15, -0.1) is 0 Å². The third-order valence-electron chi connectivity index (χ3n) is 1.81. The average molecular weight is 257 g/mol. The highest BCUT2D eigenvalue weighted by molar-refractivity contribution is 5.14. The maximum Gasteiger partial charge on any atom is 0.421 e. The number of hydrogen-bond acceptors (Lipinski definition) is 1. The number of alkyl halides is 6. The van der Waals surface area contributed by atoms with Crippen molar-refractivity contribution in [2.24, 2.45) is 0 Å². The lowest BCUT2D eigenvalue weighted by Crippen LogP contribution is -2.34. The molecule has 0 amide bonds. The number of allylic oxidation sites excluding steroid dienone is 2. The van der Waals surface area contributed by atoms with Gasteiger partial charge in [-0.25, -0.2) is 0 Å². The second kappa shape index (κ2) is 4.72. The SMILES string of the molecule is FC(F)(F)C(=CC[n+]1ccncc1)C(F)(F)F. The van der Waals surface area contributed by atoms with E-state index in [1.807, 2.05) is 0 Å². The molecule has 0 unspecified atom stereocenters. The lowest BCUT2D eigenvalue weighted by molar-refractivity contribution is -0.687. The summed E-state index contributed by atoms with van der Waals surface area (Å²) >= 11 is 0. The molecule has 0 atom stereocenters. The van der Waals surface area contributed by atoms with Gasteiger partial charge < -0.3 is 0 Å². The summed E-state index contributed by atoms with van der Waals surface area (Å²) in [6.45, 7) is -0.531. The Hall–Kier alpha value is -1.60. The summed E-state index contributed by atoms with van der Waals surface area (Å²) in [5, 5.41) is 0. The molecular formula is C9H7F6N2+. The van der Waals surface area contributed by atoms with E-state index in [2.05, 4.69) is 4.98 Å². The first-order chi connectivity index (χ1) is 7.71. The highest BCUT2D eigenvalue weighted by Crippen LogP contribution is 2.38. The van der Waals surface area contributed by atoms with E-state index in [-0.39, 0.29) is 6.08 Å². The minimum atomic E-state index is -5.41. The molecule has 1 heterocycles. The van der Waals surface area contributed by atoms with Crippen molar-refractivity contribution >= 4 is 0 Å². The summed E-state index contributed by atoms with van der Waals surface area (Å²) in [6, 6.07) is 0. The van der Waals surface area contributed by atoms with Gasteiger partial charge in [-0.1, -0.05) is 0 Å². The predicted molar refractivity (Wildman–Crippen MR) is 44.6 cm³/mol. The van der Waals surface area contributed by atoms with Gasteiger partial charge >= 0.3 is 12.4 Å². The number of aromatic nitrogens is 2. The Morgan fingerprint density at radius 3 is 1.88 bits per heavy atom. The molecule has 0 aromatic carbocycles. The Labute approximate surface area is 92.2 Å². The molecule has 0 aliphatic carbocycles. The molecule has 0 saturated heterocycles. The molecule has 1 aromatic heterocycles. The molecule has 17 heavy (non-hydrogen) atoms. The Balaban J connectivity index is 2.93. The minimum Gasteiger partial charge on any atom is -0.252 e. The van der Waals surface area contributed by atoms with Crippen molar-refractivity contribution in [3.05, 3.63) is 36.4 Å². The van der Waals surface area contributed by atoms with Crippen molar-refractivity contribution in [3.63, 3.8) is 0 Å². The molecule has 0 spiro atoms. The molecule has 0 aliphatic rings. The van der Waals surface area contributed by atoms with E-state index in [4.69, 9.17) is 0 Å². The summed E-state index contributed by atoms with van der Waals surface area (Å²) in [4.78, 5) is 3.58. The molecule has 0 saturated carbocycles. The second-order valence-corrected chi connectivity index (χ2v) is 3.06. The fourth-order valence-corrected chi connectivity index (χ4v) is 1.06. The smallest absolute Gasteiger partial charge is 0.252 e. The third kappa shape index (κ3) is 4.04. The molecule has 0 radical (unpaired) electrons. The van der Waals surface area contributed by atoms with E-state index in [1.165, 1.54) is 24.8 Å². The van der Waals surface area contributed by atoms with E-state index >= 15 is 0 Å². The van der Waals surface area contributed by atoms with Crippen molar-refractivity contribution < 1.29 is 30.9 Å². The van der Waals surface area contributed by atoms with Crippen LogP contribution in [0.25, 0.3) is 0 Å². The van der Waals surface area contributed by atoms with E-state index in [0.717, 1.165) is 4.57 Å². The largest absolute Gasteiger partial charge is 0.421 e. The van der Waals surface area contributed by atoms with Gasteiger partial charge in [-0.2, -0.15) is 30.9 Å². The number of nitrogens with zero attached hydrogens (tertiary/aromatic N) is 2. The van der Waals surface area contributed by atoms with Crippen molar-refractivity contribution in [1.29, 1.82) is 0 Å². The maximum absolute atomic E-state index is 12.1. The number of halogens is 6. The molecule has 8 heteroatoms. The van der Waals surface area contributed by atoms with Crippen LogP contribution in [0, 0.1) is 0 Å². The first-order valence-corrected chi connectivity index (χ1v) is 4.35. The van der Waals surface area contributed by atoms with Crippen LogP contribution in [0.15, 0.2) is 36.4 Å². The summed E-state index contributed by atoms with van der Waals surface area (Å²) < 4.78 is 73.8. The molecule has 94 valence electrons. The molecule has 1 aromatic rings. The Kier molecular flexibility index (Phi) is 3.74. The fraction of sp³-hybridized carbons (Fsp3) is 0.333. The van der Waals surface area contributed by atoms with Crippen LogP contribution in [0.1, 0.15) is 0 Å². The Morgan fingerprint density at radius 1 is 1.00 bits per heavy atom. The molecule has 0 N–H and O–H groups in total. The normalized spacial score (nSPS) is 12.4. The van der Waals surface area contributed by atoms with Gasteiger partial charge in [0.05, 0.1) is 12.4 Å². The first kappa shape index (κ1) is 13.5. The van der Waals surface area contributed by atoms with Crippen molar-refractivity contribution in [1.82, 2.24) is 4.98 Å². The van der Waals surface area contributed by atoms with Crippen LogP contribution >= 0.6 is 0 Å². The zero-order valence-corrected chi connectivity index (χ0v) is 8.26. The van der Waals surface area contributed by atoms with Crippen LogP contribution in [0.3, 0.4) is 0 Å². The highest BCUT2D eigenvalue weighted by Gasteiger charge is 2.50. The lowest BCUT2D eigenvalue weighted by atomic mass is 10.2. The van der Waals surface area contributed by atoms with Gasteiger partial charge in [-0.05, 0) is 6.08 Å². The van der Waals surface area contributed by atoms with Gasteiger partial charge in [0.2, 0.25) is 0 Å². The number of hydrogen-bond donors (Lipinski definition) is 0. The fourth-order valence-electron chi connectivity index (χ4n) is 1.06. The van der Waals surface area contributed by atoms with Crippen molar-refractivity contribution in [2.45, 2.75) is 18.9 Å². The van der Waals surface area contributed by atoms with Crippen LogP contribution in [0.2, 0.25) is 0 Å². The zero-order chi connectivity index (χ0) is 13.1. The van der Waals surface area contributed by atoms with Crippen molar-refractivity contribution in [3.8, 4) is 0 Å². The van der Waals surface area contributed by atoms with Gasteiger partial charge in [0, 0.05) is 0 Å². The summed E-state index contributed by atoms with van der Waals surface area (Å²) in [5.41, 5.74) is -2.51. The van der Waals surface area contributed by atoms with E-state index in [1.54, 1.807) is 0 Å². The standard InChI is InChI=1S/C9H7F6N2/c10-8(11,12)7(9(13,14)15)1-4-17-5-2-16-3-6-17/h1-3,5-6H,4H2/q+1. The van der Waals surface area contributed by atoms with E-state index < -0.39 is 24.5 Å². The average Bonchev–Trinajstić information content (AvgIpc) is 2.15. The molecule has 1 rings (SSSR count). The monoisotopic (exact) mass is 257 g/mol.